The van der Waals surface area contributed by atoms with Gasteiger partial charge in [-0.3, -0.25) is 0 Å². The fraction of sp³-hybridized carbons (Fsp3) is 0.0612. The Kier molecular flexibility index (Phi) is 7.16. The lowest BCUT2D eigenvalue weighted by Gasteiger charge is -2.23. The molecule has 266 valence electrons. The summed E-state index contributed by atoms with van der Waals surface area (Å²) in [5, 5.41) is 63.9. The van der Waals surface area contributed by atoms with E-state index in [9.17, 15) is 31.6 Å². The topological polar surface area (TPSA) is 158 Å². The fourth-order valence-corrected chi connectivity index (χ4v) is 8.70. The van der Waals surface area contributed by atoms with E-state index in [0.717, 1.165) is 82.8 Å². The van der Waals surface area contributed by atoms with Gasteiger partial charge in [0.1, 0.15) is 0 Å². The number of hydrogen-bond acceptors (Lipinski definition) is 6. The Morgan fingerprint density at radius 2 is 0.759 bits per heavy atom. The Labute approximate surface area is 331 Å². The van der Waals surface area contributed by atoms with Gasteiger partial charge in [0.2, 0.25) is 0 Å². The number of rotatable bonds is 3. The Balaban J connectivity index is 1.37. The highest BCUT2D eigenvalue weighted by Crippen LogP contribution is 2.42. The molecule has 1 aliphatic rings. The average molecular weight is 740 g/mol. The highest BCUT2D eigenvalue weighted by molar-refractivity contribution is 6.11. The average Bonchev–Trinajstić information content (AvgIpc) is 3.89. The first kappa shape index (κ1) is 33.7. The predicted molar refractivity (Wildman–Crippen MR) is 222 cm³/mol. The number of nitrogens with zero attached hydrogens (tertiary/aromatic N) is 9. The summed E-state index contributed by atoms with van der Waals surface area (Å²) < 4.78 is 6.46. The van der Waals surface area contributed by atoms with E-state index in [4.69, 9.17) is 0 Å². The molecule has 9 heteroatoms. The number of benzene rings is 6. The number of allylic oxidation sites excluding steroid dienone is 1. The van der Waals surface area contributed by atoms with Crippen molar-refractivity contribution in [3.8, 4) is 53.5 Å². The van der Waals surface area contributed by atoms with Crippen molar-refractivity contribution in [2.24, 2.45) is 5.41 Å². The summed E-state index contributed by atoms with van der Waals surface area (Å²) in [5.74, 6) is 0. The molecule has 9 aromatic rings. The third-order valence-electron chi connectivity index (χ3n) is 11.4. The van der Waals surface area contributed by atoms with Gasteiger partial charge >= 0.3 is 0 Å². The van der Waals surface area contributed by atoms with Gasteiger partial charge in [-0.05, 0) is 134 Å². The quantitative estimate of drug-likeness (QED) is 0.175. The first-order valence-corrected chi connectivity index (χ1v) is 18.4. The normalized spacial score (nSPS) is 14.5. The number of aromatic nitrogens is 3. The number of nitriles is 6. The van der Waals surface area contributed by atoms with Gasteiger partial charge in [-0.25, -0.2) is 0 Å². The van der Waals surface area contributed by atoms with Gasteiger partial charge in [-0.1, -0.05) is 6.08 Å². The van der Waals surface area contributed by atoms with Crippen LogP contribution in [-0.4, -0.2) is 13.7 Å². The van der Waals surface area contributed by atoms with Crippen LogP contribution in [0.2, 0.25) is 0 Å². The molecule has 1 unspecified atom stereocenters. The lowest BCUT2D eigenvalue weighted by atomic mass is 9.80. The SMILES string of the molecule is CC1(C#N)C=Cc2c(c3cc(C#N)ccc3n2-c2cc(-n3c4ccc(C#N)cc4c4cc(C#N)ccc43)cc(-n3c4ccc(C#N)cc4c4cc(C#N)ccc43)c2)C1. The van der Waals surface area contributed by atoms with Crippen LogP contribution in [0.3, 0.4) is 0 Å². The molecular weight excluding hydrogens is 715 g/mol. The summed E-state index contributed by atoms with van der Waals surface area (Å²) >= 11 is 0. The van der Waals surface area contributed by atoms with Crippen molar-refractivity contribution >= 4 is 60.6 Å². The van der Waals surface area contributed by atoms with E-state index in [0.29, 0.717) is 34.2 Å². The van der Waals surface area contributed by atoms with E-state index < -0.39 is 5.41 Å². The van der Waals surface area contributed by atoms with Crippen LogP contribution in [0.4, 0.5) is 0 Å². The van der Waals surface area contributed by atoms with Crippen LogP contribution < -0.4 is 0 Å². The summed E-state index contributed by atoms with van der Waals surface area (Å²) in [7, 11) is 0. The highest BCUT2D eigenvalue weighted by atomic mass is 15.0. The van der Waals surface area contributed by atoms with Gasteiger partial charge in [-0.15, -0.1) is 0 Å². The lowest BCUT2D eigenvalue weighted by molar-refractivity contribution is 0.562. The van der Waals surface area contributed by atoms with E-state index >= 15 is 0 Å². The maximum Gasteiger partial charge on any atom is 0.0991 e. The minimum absolute atomic E-state index is 0.463. The minimum Gasteiger partial charge on any atom is -0.309 e. The smallest absolute Gasteiger partial charge is 0.0991 e. The van der Waals surface area contributed by atoms with Gasteiger partial charge < -0.3 is 13.7 Å². The predicted octanol–water partition coefficient (Wildman–Crippen LogP) is 10.3. The summed E-state index contributed by atoms with van der Waals surface area (Å²) in [6.07, 6.45) is 4.41. The molecule has 0 bridgehead atoms. The van der Waals surface area contributed by atoms with Crippen molar-refractivity contribution in [2.75, 3.05) is 0 Å². The fourth-order valence-electron chi connectivity index (χ4n) is 8.70. The van der Waals surface area contributed by atoms with Crippen molar-refractivity contribution in [3.05, 3.63) is 154 Å². The van der Waals surface area contributed by atoms with Crippen LogP contribution in [-0.2, 0) is 6.42 Å². The van der Waals surface area contributed by atoms with Crippen LogP contribution in [0.15, 0.2) is 115 Å². The number of fused-ring (bicyclic) bond motifs is 9. The minimum atomic E-state index is -0.733. The molecule has 6 aromatic carbocycles. The molecule has 0 spiro atoms. The second-order valence-corrected chi connectivity index (χ2v) is 14.8. The molecule has 10 rings (SSSR count). The molecule has 3 heterocycles. The molecule has 1 atom stereocenters. The van der Waals surface area contributed by atoms with Crippen molar-refractivity contribution < 1.29 is 0 Å². The van der Waals surface area contributed by atoms with Gasteiger partial charge in [-0.2, -0.15) is 31.6 Å². The van der Waals surface area contributed by atoms with Crippen LogP contribution in [0, 0.1) is 73.4 Å². The van der Waals surface area contributed by atoms with Crippen molar-refractivity contribution in [3.63, 3.8) is 0 Å². The molecule has 58 heavy (non-hydrogen) atoms. The maximum atomic E-state index is 10.2. The molecule has 3 aromatic heterocycles. The second-order valence-electron chi connectivity index (χ2n) is 14.8. The molecule has 1 aliphatic carbocycles. The Hall–Kier alpha value is -8.86. The Bertz CT molecular complexity index is 3330. The van der Waals surface area contributed by atoms with Gasteiger partial charge in [0.15, 0.2) is 0 Å². The second kappa shape index (κ2) is 12.3. The molecule has 0 N–H and O–H groups in total. The third kappa shape index (κ3) is 4.83. The van der Waals surface area contributed by atoms with Gasteiger partial charge in [0.25, 0.3) is 0 Å². The van der Waals surface area contributed by atoms with E-state index in [-0.39, 0.29) is 0 Å². The number of hydrogen-bond donors (Lipinski definition) is 0. The Morgan fingerprint density at radius 1 is 0.431 bits per heavy atom. The first-order chi connectivity index (χ1) is 28.3. The zero-order chi connectivity index (χ0) is 39.9. The highest BCUT2D eigenvalue weighted by Gasteiger charge is 2.31. The Morgan fingerprint density at radius 3 is 1.10 bits per heavy atom. The van der Waals surface area contributed by atoms with Gasteiger partial charge in [0.05, 0.1) is 114 Å². The maximum absolute atomic E-state index is 10.2. The largest absolute Gasteiger partial charge is 0.309 e. The first-order valence-electron chi connectivity index (χ1n) is 18.4. The summed E-state index contributed by atoms with van der Waals surface area (Å²) in [6, 6.07) is 48.1. The van der Waals surface area contributed by atoms with E-state index in [1.807, 2.05) is 79.7 Å². The van der Waals surface area contributed by atoms with Crippen molar-refractivity contribution in [1.29, 1.82) is 31.6 Å². The third-order valence-corrected chi connectivity index (χ3v) is 11.4. The molecule has 0 saturated carbocycles. The van der Waals surface area contributed by atoms with Crippen molar-refractivity contribution in [2.45, 2.75) is 13.3 Å². The standard InChI is InChI=1S/C49H25N9/c1-49(28-55)13-12-48-42(22-49)41-18-33(27-54)6-11-47(41)58(48)36-20-34(56-43-7-2-29(23-50)14-37(43)38-15-30(24-51)3-8-44(38)56)19-35(21-36)57-45-9-4-31(25-52)16-39(45)40-17-32(26-53)5-10-46(40)57/h2-21H,22H2,1H3. The summed E-state index contributed by atoms with van der Waals surface area (Å²) in [4.78, 5) is 0. The molecule has 0 aliphatic heterocycles. The monoisotopic (exact) mass is 739 g/mol. The van der Waals surface area contributed by atoms with Crippen LogP contribution >= 0.6 is 0 Å². The molecule has 9 nitrogen and oxygen atoms in total. The van der Waals surface area contributed by atoms with Gasteiger partial charge in [0, 0.05) is 32.6 Å². The van der Waals surface area contributed by atoms with Crippen LogP contribution in [0.1, 0.15) is 46.0 Å². The molecule has 0 saturated heterocycles. The van der Waals surface area contributed by atoms with E-state index in [1.165, 1.54) is 0 Å². The summed E-state index contributed by atoms with van der Waals surface area (Å²) in [6.45, 7) is 1.91. The van der Waals surface area contributed by atoms with E-state index in [1.54, 1.807) is 30.3 Å². The lowest BCUT2D eigenvalue weighted by Crippen LogP contribution is -2.18. The molecule has 0 fully saturated rings. The zero-order valence-electron chi connectivity index (χ0n) is 30.8. The van der Waals surface area contributed by atoms with Crippen LogP contribution in [0.5, 0.6) is 0 Å². The molecule has 0 amide bonds. The van der Waals surface area contributed by atoms with E-state index in [2.05, 4.69) is 68.3 Å². The van der Waals surface area contributed by atoms with Crippen LogP contribution in [0.25, 0.3) is 77.7 Å². The zero-order valence-corrected chi connectivity index (χ0v) is 30.8. The molecular formula is C49H25N9. The van der Waals surface area contributed by atoms with Crippen molar-refractivity contribution in [1.82, 2.24) is 13.7 Å². The summed E-state index contributed by atoms with van der Waals surface area (Å²) in [5.41, 5.74) is 10.3. The molecule has 0 radical (unpaired) electrons.